The summed E-state index contributed by atoms with van der Waals surface area (Å²) in [5, 5.41) is 0.766. The predicted octanol–water partition coefficient (Wildman–Crippen LogP) is 4.17. The van der Waals surface area contributed by atoms with Crippen LogP contribution in [0.2, 0.25) is 5.02 Å². The molecule has 86 valence electrons. The average molecular weight is 237 g/mol. The van der Waals surface area contributed by atoms with Gasteiger partial charge in [0, 0.05) is 11.4 Å². The molecule has 0 radical (unpaired) electrons. The molecule has 0 bridgehead atoms. The number of hydrogen-bond donors (Lipinski definition) is 0. The number of terminal acetylenes is 1. The lowest BCUT2D eigenvalue weighted by atomic mass is 9.96. The first-order chi connectivity index (χ1) is 7.60. The summed E-state index contributed by atoms with van der Waals surface area (Å²) in [6, 6.07) is 3.94. The number of rotatable bonds is 4. The van der Waals surface area contributed by atoms with Crippen LogP contribution in [-0.4, -0.2) is 6.61 Å². The monoisotopic (exact) mass is 236 g/mol. The molecule has 0 spiro atoms. The zero-order valence-electron chi connectivity index (χ0n) is 10.0. The van der Waals surface area contributed by atoms with E-state index in [4.69, 9.17) is 22.8 Å². The lowest BCUT2D eigenvalue weighted by molar-refractivity contribution is 0.334. The molecule has 1 aromatic rings. The average Bonchev–Trinajstić information content (AvgIpc) is 2.23. The summed E-state index contributed by atoms with van der Waals surface area (Å²) in [5.74, 6) is 3.83. The summed E-state index contributed by atoms with van der Waals surface area (Å²) in [6.45, 7) is 6.68. The Morgan fingerprint density at radius 3 is 2.75 bits per heavy atom. The van der Waals surface area contributed by atoms with Crippen molar-refractivity contribution in [2.75, 3.05) is 6.61 Å². The standard InChI is InChI=1S/C14H17ClO/c1-5-7-10(3)12-9-13(15)11(4)8-14(12)16-6-2/h1,8-10H,6-7H2,2-4H3. The number of hydrogen-bond acceptors (Lipinski definition) is 1. The van der Waals surface area contributed by atoms with Crippen molar-refractivity contribution < 1.29 is 4.74 Å². The van der Waals surface area contributed by atoms with Crippen molar-refractivity contribution in [3.05, 3.63) is 28.3 Å². The summed E-state index contributed by atoms with van der Waals surface area (Å²) in [6.07, 6.45) is 6.03. The summed E-state index contributed by atoms with van der Waals surface area (Å²) in [4.78, 5) is 0. The minimum Gasteiger partial charge on any atom is -0.494 e. The molecule has 0 aliphatic rings. The van der Waals surface area contributed by atoms with Gasteiger partial charge >= 0.3 is 0 Å². The highest BCUT2D eigenvalue weighted by molar-refractivity contribution is 6.31. The zero-order valence-corrected chi connectivity index (χ0v) is 10.8. The molecule has 0 aromatic heterocycles. The fraction of sp³-hybridized carbons (Fsp3) is 0.429. The number of halogens is 1. The first-order valence-corrected chi connectivity index (χ1v) is 5.84. The van der Waals surface area contributed by atoms with E-state index in [1.165, 1.54) is 0 Å². The third-order valence-electron chi connectivity index (χ3n) is 2.55. The van der Waals surface area contributed by atoms with Crippen LogP contribution in [0, 0.1) is 19.3 Å². The molecule has 1 rings (SSSR count). The minimum absolute atomic E-state index is 0.268. The van der Waals surface area contributed by atoms with Gasteiger partial charge in [-0.05, 0) is 43.0 Å². The molecular weight excluding hydrogens is 220 g/mol. The van der Waals surface area contributed by atoms with Crippen molar-refractivity contribution in [1.29, 1.82) is 0 Å². The molecule has 0 amide bonds. The van der Waals surface area contributed by atoms with E-state index in [0.29, 0.717) is 13.0 Å². The van der Waals surface area contributed by atoms with Gasteiger partial charge in [-0.3, -0.25) is 0 Å². The third kappa shape index (κ3) is 2.93. The van der Waals surface area contributed by atoms with Crippen molar-refractivity contribution in [3.8, 4) is 18.1 Å². The van der Waals surface area contributed by atoms with Crippen LogP contribution < -0.4 is 4.74 Å². The molecule has 1 nitrogen and oxygen atoms in total. The van der Waals surface area contributed by atoms with E-state index in [0.717, 1.165) is 21.9 Å². The number of ether oxygens (including phenoxy) is 1. The van der Waals surface area contributed by atoms with Gasteiger partial charge in [0.15, 0.2) is 0 Å². The van der Waals surface area contributed by atoms with E-state index >= 15 is 0 Å². The highest BCUT2D eigenvalue weighted by Crippen LogP contribution is 2.33. The fourth-order valence-electron chi connectivity index (χ4n) is 1.62. The highest BCUT2D eigenvalue weighted by Gasteiger charge is 2.13. The zero-order chi connectivity index (χ0) is 12.1. The Balaban J connectivity index is 3.14. The van der Waals surface area contributed by atoms with E-state index in [9.17, 15) is 0 Å². The second-order valence-corrected chi connectivity index (χ2v) is 4.29. The molecule has 0 aliphatic carbocycles. The van der Waals surface area contributed by atoms with Gasteiger partial charge in [-0.2, -0.15) is 0 Å². The van der Waals surface area contributed by atoms with Crippen molar-refractivity contribution in [2.24, 2.45) is 0 Å². The Hall–Kier alpha value is -1.13. The Morgan fingerprint density at radius 2 is 2.19 bits per heavy atom. The van der Waals surface area contributed by atoms with Crippen molar-refractivity contribution in [2.45, 2.75) is 33.1 Å². The summed E-state index contributed by atoms with van der Waals surface area (Å²) < 4.78 is 5.61. The molecule has 16 heavy (non-hydrogen) atoms. The number of benzene rings is 1. The van der Waals surface area contributed by atoms with Crippen LogP contribution in [0.25, 0.3) is 0 Å². The normalized spacial score (nSPS) is 11.9. The molecule has 2 heteroatoms. The topological polar surface area (TPSA) is 9.23 Å². The van der Waals surface area contributed by atoms with Gasteiger partial charge in [-0.1, -0.05) is 18.5 Å². The van der Waals surface area contributed by atoms with Gasteiger partial charge < -0.3 is 4.74 Å². The molecule has 0 N–H and O–H groups in total. The predicted molar refractivity (Wildman–Crippen MR) is 69.2 cm³/mol. The fourth-order valence-corrected chi connectivity index (χ4v) is 1.79. The first kappa shape index (κ1) is 12.9. The van der Waals surface area contributed by atoms with Gasteiger partial charge in [-0.15, -0.1) is 12.3 Å². The van der Waals surface area contributed by atoms with Gasteiger partial charge in [0.2, 0.25) is 0 Å². The number of aryl methyl sites for hydroxylation is 1. The second-order valence-electron chi connectivity index (χ2n) is 3.88. The van der Waals surface area contributed by atoms with Crippen LogP contribution >= 0.6 is 11.6 Å². The summed E-state index contributed by atoms with van der Waals surface area (Å²) >= 11 is 6.12. The Bertz CT molecular complexity index is 404. The maximum atomic E-state index is 6.12. The van der Waals surface area contributed by atoms with Crippen LogP contribution in [-0.2, 0) is 0 Å². The van der Waals surface area contributed by atoms with Crippen LogP contribution in [0.15, 0.2) is 12.1 Å². The maximum Gasteiger partial charge on any atom is 0.123 e. The lowest BCUT2D eigenvalue weighted by Crippen LogP contribution is -2.01. The van der Waals surface area contributed by atoms with Crippen LogP contribution in [0.5, 0.6) is 5.75 Å². The Kier molecular flexibility index (Phi) is 4.71. The van der Waals surface area contributed by atoms with Gasteiger partial charge in [0.1, 0.15) is 5.75 Å². The van der Waals surface area contributed by atoms with Crippen molar-refractivity contribution in [3.63, 3.8) is 0 Å². The molecule has 0 fully saturated rings. The highest BCUT2D eigenvalue weighted by atomic mass is 35.5. The molecule has 1 unspecified atom stereocenters. The quantitative estimate of drug-likeness (QED) is 0.713. The Labute approximate surface area is 103 Å². The van der Waals surface area contributed by atoms with Gasteiger partial charge in [-0.25, -0.2) is 0 Å². The van der Waals surface area contributed by atoms with Crippen molar-refractivity contribution >= 4 is 11.6 Å². The second kappa shape index (κ2) is 5.82. The molecule has 0 saturated heterocycles. The van der Waals surface area contributed by atoms with E-state index in [1.807, 2.05) is 26.0 Å². The smallest absolute Gasteiger partial charge is 0.123 e. The van der Waals surface area contributed by atoms with Gasteiger partial charge in [0.05, 0.1) is 6.61 Å². The largest absolute Gasteiger partial charge is 0.494 e. The van der Waals surface area contributed by atoms with Crippen LogP contribution in [0.3, 0.4) is 0 Å². The summed E-state index contributed by atoms with van der Waals surface area (Å²) in [5.41, 5.74) is 2.12. The van der Waals surface area contributed by atoms with Gasteiger partial charge in [0.25, 0.3) is 0 Å². The summed E-state index contributed by atoms with van der Waals surface area (Å²) in [7, 11) is 0. The third-order valence-corrected chi connectivity index (χ3v) is 2.95. The first-order valence-electron chi connectivity index (χ1n) is 5.46. The van der Waals surface area contributed by atoms with E-state index in [1.54, 1.807) is 0 Å². The maximum absolute atomic E-state index is 6.12. The molecule has 0 saturated carbocycles. The molecule has 0 aliphatic heterocycles. The SMILES string of the molecule is C#CCC(C)c1cc(Cl)c(C)cc1OCC. The lowest BCUT2D eigenvalue weighted by Gasteiger charge is -2.16. The van der Waals surface area contributed by atoms with E-state index in [-0.39, 0.29) is 5.92 Å². The molecule has 1 atom stereocenters. The minimum atomic E-state index is 0.268. The molecule has 1 aromatic carbocycles. The molecular formula is C14H17ClO. The van der Waals surface area contributed by atoms with E-state index < -0.39 is 0 Å². The molecule has 0 heterocycles. The van der Waals surface area contributed by atoms with Crippen LogP contribution in [0.1, 0.15) is 37.3 Å². The van der Waals surface area contributed by atoms with Crippen molar-refractivity contribution in [1.82, 2.24) is 0 Å². The Morgan fingerprint density at radius 1 is 1.50 bits per heavy atom. The van der Waals surface area contributed by atoms with E-state index in [2.05, 4.69) is 12.8 Å². The van der Waals surface area contributed by atoms with Crippen LogP contribution in [0.4, 0.5) is 0 Å².